The van der Waals surface area contributed by atoms with Crippen molar-refractivity contribution >= 4 is 40.5 Å². The molecule has 4 aromatic carbocycles. The summed E-state index contributed by atoms with van der Waals surface area (Å²) >= 11 is 0. The zero-order valence-corrected chi connectivity index (χ0v) is 22.0. The summed E-state index contributed by atoms with van der Waals surface area (Å²) in [5.41, 5.74) is 4.66. The van der Waals surface area contributed by atoms with E-state index in [-0.39, 0.29) is 24.9 Å². The molecule has 0 saturated carbocycles. The number of halogens is 1. The number of hydrogen-bond acceptors (Lipinski definition) is 3. The summed E-state index contributed by atoms with van der Waals surface area (Å²) in [4.78, 5) is 13.2. The molecule has 1 aliphatic heterocycles. The van der Waals surface area contributed by atoms with Gasteiger partial charge in [-0.05, 0) is 77.8 Å². The topological polar surface area (TPSA) is 49.8 Å². The van der Waals surface area contributed by atoms with E-state index in [1.54, 1.807) is 0 Å². The minimum absolute atomic E-state index is 0. The molecule has 1 heterocycles. The number of ether oxygens (including phenoxy) is 1. The molecule has 4 aromatic rings. The molecule has 0 saturated heterocycles. The molecule has 1 N–H and O–H groups in total. The van der Waals surface area contributed by atoms with Gasteiger partial charge in [-0.3, -0.25) is 4.79 Å². The smallest absolute Gasteiger partial charge is 0.303 e. The van der Waals surface area contributed by atoms with Crippen molar-refractivity contribution in [2.45, 2.75) is 51.0 Å². The largest absolute Gasteiger partial charge is 0.486 e. The maximum atomic E-state index is 10.9. The first-order chi connectivity index (χ1) is 17.6. The Morgan fingerprint density at radius 3 is 2.51 bits per heavy atom. The summed E-state index contributed by atoms with van der Waals surface area (Å²) < 4.78 is 6.42. The molecule has 4 nitrogen and oxygen atoms in total. The van der Waals surface area contributed by atoms with Crippen LogP contribution < -0.4 is 9.64 Å². The van der Waals surface area contributed by atoms with Crippen LogP contribution in [0, 0.1) is 0 Å². The van der Waals surface area contributed by atoms with E-state index in [0.717, 1.165) is 48.5 Å². The van der Waals surface area contributed by atoms with Crippen LogP contribution in [0.25, 0.3) is 10.8 Å². The molecule has 2 atom stereocenters. The van der Waals surface area contributed by atoms with E-state index >= 15 is 0 Å². The summed E-state index contributed by atoms with van der Waals surface area (Å²) in [5.74, 6) is 0.644. The molecule has 192 valence electrons. The molecule has 0 spiro atoms. The number of fused-ring (bicyclic) bond motifs is 2. The molecule has 5 heteroatoms. The second-order valence-electron chi connectivity index (χ2n) is 9.78. The maximum Gasteiger partial charge on any atom is 0.303 e. The number of nitrogens with zero attached hydrogens (tertiary/aromatic N) is 1. The zero-order valence-electron chi connectivity index (χ0n) is 21.2. The van der Waals surface area contributed by atoms with E-state index in [4.69, 9.17) is 9.84 Å². The first-order valence-electron chi connectivity index (χ1n) is 12.9. The average molecular weight is 516 g/mol. The van der Waals surface area contributed by atoms with Gasteiger partial charge in [-0.15, -0.1) is 12.4 Å². The third-order valence-electron chi connectivity index (χ3n) is 7.23. The number of carboxylic acid groups (broad SMARTS) is 1. The van der Waals surface area contributed by atoms with Crippen LogP contribution in [0.2, 0.25) is 0 Å². The van der Waals surface area contributed by atoms with Crippen molar-refractivity contribution in [1.82, 2.24) is 0 Å². The minimum Gasteiger partial charge on any atom is -0.486 e. The molecule has 1 unspecified atom stereocenters. The highest BCUT2D eigenvalue weighted by Crippen LogP contribution is 2.39. The van der Waals surface area contributed by atoms with Crippen LogP contribution in [0.1, 0.15) is 49.7 Å². The number of hydrogen-bond donors (Lipinski definition) is 1. The third-order valence-corrected chi connectivity index (χ3v) is 7.23. The number of carboxylic acids is 1. The fourth-order valence-electron chi connectivity index (χ4n) is 5.27. The van der Waals surface area contributed by atoms with Gasteiger partial charge in [0.25, 0.3) is 0 Å². The Kier molecular flexibility index (Phi) is 8.73. The first-order valence-corrected chi connectivity index (χ1v) is 12.9. The number of para-hydroxylation sites is 2. The van der Waals surface area contributed by atoms with Crippen molar-refractivity contribution in [3.05, 3.63) is 102 Å². The summed E-state index contributed by atoms with van der Waals surface area (Å²) in [6.07, 6.45) is 4.03. The van der Waals surface area contributed by atoms with E-state index in [1.165, 1.54) is 16.3 Å². The van der Waals surface area contributed by atoms with Crippen molar-refractivity contribution in [3.63, 3.8) is 0 Å². The van der Waals surface area contributed by atoms with Gasteiger partial charge in [0.2, 0.25) is 0 Å². The van der Waals surface area contributed by atoms with E-state index < -0.39 is 5.97 Å². The van der Waals surface area contributed by atoms with Gasteiger partial charge < -0.3 is 14.7 Å². The second-order valence-corrected chi connectivity index (χ2v) is 9.78. The Morgan fingerprint density at radius 1 is 0.973 bits per heavy atom. The van der Waals surface area contributed by atoms with E-state index in [1.807, 2.05) is 24.3 Å². The van der Waals surface area contributed by atoms with Gasteiger partial charge in [0, 0.05) is 12.1 Å². The molecular weight excluding hydrogens is 482 g/mol. The highest BCUT2D eigenvalue weighted by Gasteiger charge is 2.26. The maximum absolute atomic E-state index is 10.9. The number of aryl methyl sites for hydroxylation is 1. The standard InChI is InChI=1S/C32H33NO3.ClH/c1-23(28-13-7-10-25-9-2-3-12-29(25)28)8-6-11-27-22-33(30-14-4-5-15-31(30)36-27)26-19-16-24(17-20-26)18-21-32(34)35;/h2-5,7,9-10,12-17,19-20,23,27H,6,8,11,18,21-22H2,1H3,(H,34,35);1H/t23-,27?;/m0./s1. The zero-order chi connectivity index (χ0) is 24.9. The Balaban J connectivity index is 0.00000320. The number of anilines is 2. The molecule has 0 radical (unpaired) electrons. The van der Waals surface area contributed by atoms with Gasteiger partial charge in [-0.25, -0.2) is 0 Å². The van der Waals surface area contributed by atoms with Crippen molar-refractivity contribution in [1.29, 1.82) is 0 Å². The lowest BCUT2D eigenvalue weighted by atomic mass is 9.90. The molecule has 0 fully saturated rings. The molecule has 0 bridgehead atoms. The van der Waals surface area contributed by atoms with Crippen molar-refractivity contribution in [2.24, 2.45) is 0 Å². The number of carbonyl (C=O) groups is 1. The minimum atomic E-state index is -0.765. The van der Waals surface area contributed by atoms with Crippen LogP contribution in [0.4, 0.5) is 11.4 Å². The van der Waals surface area contributed by atoms with Gasteiger partial charge >= 0.3 is 5.97 Å². The Bertz CT molecular complexity index is 1330. The van der Waals surface area contributed by atoms with Crippen LogP contribution >= 0.6 is 12.4 Å². The van der Waals surface area contributed by atoms with Crippen molar-refractivity contribution in [2.75, 3.05) is 11.4 Å². The number of aliphatic carboxylic acids is 1. The first kappa shape index (κ1) is 26.6. The van der Waals surface area contributed by atoms with Crippen LogP contribution in [-0.4, -0.2) is 23.7 Å². The molecular formula is C32H34ClNO3. The molecule has 5 rings (SSSR count). The Labute approximate surface area is 225 Å². The van der Waals surface area contributed by atoms with E-state index in [0.29, 0.717) is 12.3 Å². The highest BCUT2D eigenvalue weighted by molar-refractivity contribution is 5.86. The summed E-state index contributed by atoms with van der Waals surface area (Å²) in [6.45, 7) is 3.13. The molecule has 0 aliphatic carbocycles. The van der Waals surface area contributed by atoms with Crippen LogP contribution in [0.15, 0.2) is 91.0 Å². The fraction of sp³-hybridized carbons (Fsp3) is 0.281. The van der Waals surface area contributed by atoms with Crippen LogP contribution in [0.3, 0.4) is 0 Å². The fourth-order valence-corrected chi connectivity index (χ4v) is 5.27. The molecule has 0 aromatic heterocycles. The highest BCUT2D eigenvalue weighted by atomic mass is 35.5. The average Bonchev–Trinajstić information content (AvgIpc) is 2.91. The molecule has 37 heavy (non-hydrogen) atoms. The predicted molar refractivity (Wildman–Crippen MR) is 154 cm³/mol. The quantitative estimate of drug-likeness (QED) is 0.244. The third kappa shape index (κ3) is 6.26. The van der Waals surface area contributed by atoms with Gasteiger partial charge in [0.15, 0.2) is 0 Å². The lowest BCUT2D eigenvalue weighted by Crippen LogP contribution is -2.37. The van der Waals surface area contributed by atoms with Crippen LogP contribution in [-0.2, 0) is 11.2 Å². The number of benzene rings is 4. The van der Waals surface area contributed by atoms with Gasteiger partial charge in [0.05, 0.1) is 12.2 Å². The predicted octanol–water partition coefficient (Wildman–Crippen LogP) is 8.15. The molecule has 1 aliphatic rings. The second kappa shape index (κ2) is 12.2. The van der Waals surface area contributed by atoms with Crippen molar-refractivity contribution < 1.29 is 14.6 Å². The Hall–Kier alpha value is -3.50. The number of rotatable bonds is 9. The lowest BCUT2D eigenvalue weighted by Gasteiger charge is -2.36. The van der Waals surface area contributed by atoms with Gasteiger partial charge in [-0.1, -0.05) is 73.7 Å². The summed E-state index contributed by atoms with van der Waals surface area (Å²) in [6, 6.07) is 31.8. The normalized spacial score (nSPS) is 15.4. The van der Waals surface area contributed by atoms with Crippen molar-refractivity contribution in [3.8, 4) is 5.75 Å². The molecule has 0 amide bonds. The van der Waals surface area contributed by atoms with E-state index in [9.17, 15) is 4.79 Å². The summed E-state index contributed by atoms with van der Waals surface area (Å²) in [7, 11) is 0. The van der Waals surface area contributed by atoms with Crippen LogP contribution in [0.5, 0.6) is 5.75 Å². The summed E-state index contributed by atoms with van der Waals surface area (Å²) in [5, 5.41) is 11.6. The van der Waals surface area contributed by atoms with Gasteiger partial charge in [0.1, 0.15) is 11.9 Å². The SMILES string of the molecule is C[C@@H](CCCC1CN(c2ccc(CCC(=O)O)cc2)c2ccccc2O1)c1cccc2ccccc12.Cl. The monoisotopic (exact) mass is 515 g/mol. The van der Waals surface area contributed by atoms with Gasteiger partial charge in [-0.2, -0.15) is 0 Å². The lowest BCUT2D eigenvalue weighted by molar-refractivity contribution is -0.136. The Morgan fingerprint density at radius 2 is 1.70 bits per heavy atom. The van der Waals surface area contributed by atoms with E-state index in [2.05, 4.69) is 78.6 Å².